The van der Waals surface area contributed by atoms with Crippen molar-refractivity contribution in [2.24, 2.45) is 7.05 Å². The minimum atomic E-state index is -3.49. The van der Waals surface area contributed by atoms with Crippen LogP contribution in [-0.4, -0.2) is 53.4 Å². The van der Waals surface area contributed by atoms with Crippen molar-refractivity contribution in [3.05, 3.63) is 77.6 Å². The zero-order chi connectivity index (χ0) is 24.5. The van der Waals surface area contributed by atoms with Crippen LogP contribution >= 0.6 is 0 Å². The predicted molar refractivity (Wildman–Crippen MR) is 125 cm³/mol. The Morgan fingerprint density at radius 3 is 2.50 bits per heavy atom. The van der Waals surface area contributed by atoms with E-state index in [1.165, 1.54) is 16.8 Å². The number of aryl methyl sites for hydroxylation is 1. The summed E-state index contributed by atoms with van der Waals surface area (Å²) in [5, 5.41) is 4.20. The lowest BCUT2D eigenvalue weighted by molar-refractivity contribution is 0.0721. The fraction of sp³-hybridized carbons (Fsp3) is 0.333. The number of rotatable bonds is 7. The Hall–Kier alpha value is -3.11. The molecule has 34 heavy (non-hydrogen) atoms. The standard InChI is InChI=1S/C24H26F2N4O3S/c1-3-34(32,33)28-21-8-10-30(24(31)22-7-9-29(2)27-22)23(21)12-16-5-4-6-17(11-16)18-13-19(25)15-20(26)14-18/h4-7,9,11,13-15,21,23,28H,3,8,10,12H2,1-2H3/t21-,23-/m0/s1. The lowest BCUT2D eigenvalue weighted by Gasteiger charge is -2.28. The number of aromatic nitrogens is 2. The second-order valence-corrected chi connectivity index (χ2v) is 10.5. The molecule has 0 unspecified atom stereocenters. The van der Waals surface area contributed by atoms with Crippen LogP contribution in [0.2, 0.25) is 0 Å². The van der Waals surface area contributed by atoms with Gasteiger partial charge in [0.2, 0.25) is 10.0 Å². The molecule has 1 saturated heterocycles. The molecule has 1 amide bonds. The minimum Gasteiger partial charge on any atom is -0.332 e. The third kappa shape index (κ3) is 5.34. The second-order valence-electron chi connectivity index (χ2n) is 8.42. The van der Waals surface area contributed by atoms with E-state index in [0.29, 0.717) is 30.5 Å². The van der Waals surface area contributed by atoms with Crippen LogP contribution in [0.3, 0.4) is 0 Å². The first-order chi connectivity index (χ1) is 16.1. The molecule has 2 aromatic carbocycles. The van der Waals surface area contributed by atoms with Gasteiger partial charge in [-0.05, 0) is 54.7 Å². The lowest BCUT2D eigenvalue weighted by atomic mass is 9.96. The number of hydrogen-bond acceptors (Lipinski definition) is 4. The highest BCUT2D eigenvalue weighted by molar-refractivity contribution is 7.89. The van der Waals surface area contributed by atoms with Crippen LogP contribution in [-0.2, 0) is 23.5 Å². The Labute approximate surface area is 197 Å². The molecule has 7 nitrogen and oxygen atoms in total. The van der Waals surface area contributed by atoms with Gasteiger partial charge in [-0.25, -0.2) is 21.9 Å². The zero-order valence-corrected chi connectivity index (χ0v) is 19.7. The van der Waals surface area contributed by atoms with Crippen LogP contribution in [0.5, 0.6) is 0 Å². The molecule has 4 rings (SSSR count). The fourth-order valence-corrected chi connectivity index (χ4v) is 5.23. The molecule has 1 fully saturated rings. The molecule has 1 aliphatic heterocycles. The van der Waals surface area contributed by atoms with E-state index < -0.39 is 33.7 Å². The molecule has 0 radical (unpaired) electrons. The molecule has 0 bridgehead atoms. The summed E-state index contributed by atoms with van der Waals surface area (Å²) in [4.78, 5) is 14.8. The number of carbonyl (C=O) groups excluding carboxylic acids is 1. The SMILES string of the molecule is CCS(=O)(=O)N[C@H]1CCN(C(=O)c2ccn(C)n2)[C@H]1Cc1cccc(-c2cc(F)cc(F)c2)c1. The van der Waals surface area contributed by atoms with Crippen molar-refractivity contribution >= 4 is 15.9 Å². The van der Waals surface area contributed by atoms with Gasteiger partial charge in [-0.1, -0.05) is 24.3 Å². The third-order valence-corrected chi connectivity index (χ3v) is 7.44. The maximum atomic E-state index is 13.7. The van der Waals surface area contributed by atoms with Crippen LogP contribution < -0.4 is 4.72 Å². The summed E-state index contributed by atoms with van der Waals surface area (Å²) in [7, 11) is -1.77. The van der Waals surface area contributed by atoms with Gasteiger partial charge in [0.15, 0.2) is 0 Å². The van der Waals surface area contributed by atoms with E-state index in [1.807, 2.05) is 6.07 Å². The number of halogens is 2. The van der Waals surface area contributed by atoms with Gasteiger partial charge in [0.25, 0.3) is 5.91 Å². The number of benzene rings is 2. The van der Waals surface area contributed by atoms with Gasteiger partial charge < -0.3 is 4.90 Å². The summed E-state index contributed by atoms with van der Waals surface area (Å²) in [6, 6.07) is 11.2. The lowest BCUT2D eigenvalue weighted by Crippen LogP contribution is -2.48. The average molecular weight is 489 g/mol. The fourth-order valence-electron chi connectivity index (χ4n) is 4.33. The molecular formula is C24H26F2N4O3S. The van der Waals surface area contributed by atoms with Crippen molar-refractivity contribution in [3.63, 3.8) is 0 Å². The molecule has 180 valence electrons. The molecule has 0 aliphatic carbocycles. The molecule has 0 saturated carbocycles. The van der Waals surface area contributed by atoms with Gasteiger partial charge in [0.1, 0.15) is 17.3 Å². The number of nitrogens with zero attached hydrogens (tertiary/aromatic N) is 3. The Bertz CT molecular complexity index is 1290. The van der Waals surface area contributed by atoms with Crippen LogP contribution in [0.1, 0.15) is 29.4 Å². The van der Waals surface area contributed by atoms with Gasteiger partial charge in [-0.2, -0.15) is 5.10 Å². The molecule has 2 heterocycles. The maximum Gasteiger partial charge on any atom is 0.274 e. The predicted octanol–water partition coefficient (Wildman–Crippen LogP) is 3.13. The van der Waals surface area contributed by atoms with E-state index in [-0.39, 0.29) is 17.4 Å². The molecule has 1 aromatic heterocycles. The molecule has 1 N–H and O–H groups in total. The molecule has 0 spiro atoms. The van der Waals surface area contributed by atoms with Gasteiger partial charge in [-0.15, -0.1) is 0 Å². The highest BCUT2D eigenvalue weighted by atomic mass is 32.2. The smallest absolute Gasteiger partial charge is 0.274 e. The van der Waals surface area contributed by atoms with Gasteiger partial charge in [0.05, 0.1) is 11.8 Å². The molecule has 2 atom stereocenters. The average Bonchev–Trinajstić information content (AvgIpc) is 3.39. The van der Waals surface area contributed by atoms with E-state index in [4.69, 9.17) is 0 Å². The maximum absolute atomic E-state index is 13.7. The first-order valence-corrected chi connectivity index (χ1v) is 12.7. The summed E-state index contributed by atoms with van der Waals surface area (Å²) in [6.07, 6.45) is 2.51. The van der Waals surface area contributed by atoms with Crippen LogP contribution in [0, 0.1) is 11.6 Å². The highest BCUT2D eigenvalue weighted by Gasteiger charge is 2.39. The topological polar surface area (TPSA) is 84.3 Å². The van der Waals surface area contributed by atoms with E-state index in [1.54, 1.807) is 49.3 Å². The Morgan fingerprint density at radius 1 is 1.12 bits per heavy atom. The van der Waals surface area contributed by atoms with Gasteiger partial charge >= 0.3 is 0 Å². The summed E-state index contributed by atoms with van der Waals surface area (Å²) < 4.78 is 56.3. The zero-order valence-electron chi connectivity index (χ0n) is 18.9. The number of carbonyl (C=O) groups is 1. The summed E-state index contributed by atoms with van der Waals surface area (Å²) in [6.45, 7) is 1.94. The van der Waals surface area contributed by atoms with Crippen LogP contribution in [0.4, 0.5) is 8.78 Å². The number of amides is 1. The van der Waals surface area contributed by atoms with Crippen molar-refractivity contribution in [1.29, 1.82) is 0 Å². The van der Waals surface area contributed by atoms with Crippen LogP contribution in [0.15, 0.2) is 54.7 Å². The minimum absolute atomic E-state index is 0.0645. The van der Waals surface area contributed by atoms with E-state index in [9.17, 15) is 22.0 Å². The van der Waals surface area contributed by atoms with E-state index in [2.05, 4.69) is 9.82 Å². The largest absolute Gasteiger partial charge is 0.332 e. The highest BCUT2D eigenvalue weighted by Crippen LogP contribution is 2.27. The number of likely N-dealkylation sites (tertiary alicyclic amines) is 1. The Morgan fingerprint density at radius 2 is 1.85 bits per heavy atom. The molecule has 1 aliphatic rings. The first-order valence-electron chi connectivity index (χ1n) is 11.0. The van der Waals surface area contributed by atoms with Crippen LogP contribution in [0.25, 0.3) is 11.1 Å². The Balaban J connectivity index is 1.65. The monoisotopic (exact) mass is 488 g/mol. The van der Waals surface area contributed by atoms with Crippen molar-refractivity contribution in [2.45, 2.75) is 31.8 Å². The number of nitrogens with one attached hydrogen (secondary N) is 1. The summed E-state index contributed by atoms with van der Waals surface area (Å²) in [5.41, 5.74) is 2.13. The first kappa shape index (κ1) is 24.0. The van der Waals surface area contributed by atoms with Gasteiger partial charge in [-0.3, -0.25) is 9.48 Å². The van der Waals surface area contributed by atoms with Crippen molar-refractivity contribution in [2.75, 3.05) is 12.3 Å². The van der Waals surface area contributed by atoms with Gasteiger partial charge in [0, 0.05) is 31.9 Å². The molecule has 3 aromatic rings. The van der Waals surface area contributed by atoms with Crippen molar-refractivity contribution in [1.82, 2.24) is 19.4 Å². The normalized spacial score (nSPS) is 18.4. The van der Waals surface area contributed by atoms with E-state index in [0.717, 1.165) is 11.6 Å². The summed E-state index contributed by atoms with van der Waals surface area (Å²) in [5.74, 6) is -1.67. The number of sulfonamides is 1. The quantitative estimate of drug-likeness (QED) is 0.554. The Kier molecular flexibility index (Phi) is 6.81. The van der Waals surface area contributed by atoms with Crippen molar-refractivity contribution in [3.8, 4) is 11.1 Å². The summed E-state index contributed by atoms with van der Waals surface area (Å²) >= 11 is 0. The third-order valence-electron chi connectivity index (χ3n) is 6.02. The molecule has 10 heteroatoms. The second kappa shape index (κ2) is 9.63. The van der Waals surface area contributed by atoms with Crippen molar-refractivity contribution < 1.29 is 22.0 Å². The molecular weight excluding hydrogens is 462 g/mol. The number of hydrogen-bond donors (Lipinski definition) is 1. The van der Waals surface area contributed by atoms with E-state index >= 15 is 0 Å².